The third kappa shape index (κ3) is 5.50. The Morgan fingerprint density at radius 3 is 2.71 bits per heavy atom. The number of benzene rings is 1. The second-order valence-electron chi connectivity index (χ2n) is 8.27. The summed E-state index contributed by atoms with van der Waals surface area (Å²) in [7, 11) is 0. The lowest BCUT2D eigenvalue weighted by Gasteiger charge is -2.30. The predicted octanol–water partition coefficient (Wildman–Crippen LogP) is 1.79. The van der Waals surface area contributed by atoms with Crippen molar-refractivity contribution in [2.45, 2.75) is 44.4 Å². The van der Waals surface area contributed by atoms with Gasteiger partial charge in [-0.15, -0.1) is 0 Å². The van der Waals surface area contributed by atoms with Crippen LogP contribution in [0.1, 0.15) is 25.7 Å². The summed E-state index contributed by atoms with van der Waals surface area (Å²) in [6.45, 7) is -1.62. The van der Waals surface area contributed by atoms with Crippen LogP contribution in [0, 0.1) is 5.92 Å². The van der Waals surface area contributed by atoms with Crippen molar-refractivity contribution < 1.29 is 27.8 Å². The molecule has 31 heavy (non-hydrogen) atoms. The van der Waals surface area contributed by atoms with E-state index in [0.717, 1.165) is 19.4 Å². The highest BCUT2D eigenvalue weighted by Gasteiger charge is 2.39. The maximum absolute atomic E-state index is 13.0. The summed E-state index contributed by atoms with van der Waals surface area (Å²) in [5, 5.41) is 2.79. The molecule has 0 radical (unpaired) electrons. The summed E-state index contributed by atoms with van der Waals surface area (Å²) < 4.78 is 35.8. The fourth-order valence-electron chi connectivity index (χ4n) is 3.93. The molecule has 3 aliphatic rings. The molecule has 10 heteroatoms. The fourth-order valence-corrected chi connectivity index (χ4v) is 3.93. The van der Waals surface area contributed by atoms with E-state index >= 15 is 0 Å². The van der Waals surface area contributed by atoms with Gasteiger partial charge < -0.3 is 25.4 Å². The maximum atomic E-state index is 13.0. The van der Waals surface area contributed by atoms with Crippen molar-refractivity contribution >= 4 is 23.2 Å². The van der Waals surface area contributed by atoms with Crippen LogP contribution in [0.3, 0.4) is 0 Å². The number of anilines is 2. The van der Waals surface area contributed by atoms with Gasteiger partial charge in [-0.3, -0.25) is 14.5 Å². The summed E-state index contributed by atoms with van der Waals surface area (Å²) in [6.07, 6.45) is 4.48. The fraction of sp³-hybridized carbons (Fsp3) is 0.619. The number of nitrogens with zero attached hydrogens (tertiary/aromatic N) is 2. The van der Waals surface area contributed by atoms with E-state index in [0.29, 0.717) is 24.3 Å². The third-order valence-corrected chi connectivity index (χ3v) is 5.83. The Bertz CT molecular complexity index is 817. The highest BCUT2D eigenvalue weighted by molar-refractivity contribution is 5.98. The number of halogens is 2. The molecule has 1 aliphatic heterocycles. The Balaban J connectivity index is 1.51. The zero-order valence-corrected chi connectivity index (χ0v) is 17.3. The minimum Gasteiger partial charge on any atom is -0.433 e. The zero-order valence-electron chi connectivity index (χ0n) is 17.3. The molecule has 2 saturated carbocycles. The first kappa shape index (κ1) is 21.9. The lowest BCUT2D eigenvalue weighted by atomic mass is 10.1. The molecule has 1 aromatic carbocycles. The quantitative estimate of drug-likeness (QED) is 0.578. The Morgan fingerprint density at radius 1 is 1.32 bits per heavy atom. The Hall–Kier alpha value is -2.30. The van der Waals surface area contributed by atoms with Crippen molar-refractivity contribution in [1.82, 2.24) is 4.90 Å². The van der Waals surface area contributed by atoms with E-state index in [1.165, 1.54) is 29.9 Å². The summed E-state index contributed by atoms with van der Waals surface area (Å²) in [5.41, 5.74) is 6.47. The van der Waals surface area contributed by atoms with Crippen LogP contribution >= 0.6 is 0 Å². The molecule has 0 aromatic heterocycles. The predicted molar refractivity (Wildman–Crippen MR) is 110 cm³/mol. The molecule has 8 nitrogen and oxygen atoms in total. The summed E-state index contributed by atoms with van der Waals surface area (Å²) in [6, 6.07) is 4.29. The number of nitrogens with one attached hydrogen (secondary N) is 1. The van der Waals surface area contributed by atoms with Crippen molar-refractivity contribution in [3.63, 3.8) is 0 Å². The highest BCUT2D eigenvalue weighted by atomic mass is 19.3. The van der Waals surface area contributed by atoms with Gasteiger partial charge in [0.05, 0.1) is 12.3 Å². The highest BCUT2D eigenvalue weighted by Crippen LogP contribution is 2.37. The van der Waals surface area contributed by atoms with Crippen LogP contribution in [0.5, 0.6) is 5.75 Å². The van der Waals surface area contributed by atoms with Gasteiger partial charge in [-0.1, -0.05) is 0 Å². The second kappa shape index (κ2) is 9.46. The summed E-state index contributed by atoms with van der Waals surface area (Å²) in [4.78, 5) is 28.7. The number of ether oxygens (including phenoxy) is 2. The van der Waals surface area contributed by atoms with E-state index in [2.05, 4.69) is 15.0 Å². The van der Waals surface area contributed by atoms with Gasteiger partial charge in [0, 0.05) is 37.4 Å². The number of hydrogen-bond donors (Lipinski definition) is 2. The van der Waals surface area contributed by atoms with Crippen molar-refractivity contribution in [3.8, 4) is 5.75 Å². The second-order valence-corrected chi connectivity index (χ2v) is 8.27. The number of rotatable bonds is 10. The molecule has 0 unspecified atom stereocenters. The van der Waals surface area contributed by atoms with Crippen LogP contribution in [0.25, 0.3) is 0 Å². The van der Waals surface area contributed by atoms with Gasteiger partial charge in [0.2, 0.25) is 5.91 Å². The zero-order chi connectivity index (χ0) is 22.0. The SMILES string of the molecule is NC[C@H](C(=O)Nc1ccc(N2CCOCC2=O)c(OC(F)F)c1)N(CC1CC1)C1CC1. The van der Waals surface area contributed by atoms with Crippen LogP contribution in [0.2, 0.25) is 0 Å². The summed E-state index contributed by atoms with van der Waals surface area (Å²) >= 11 is 0. The lowest BCUT2D eigenvalue weighted by Crippen LogP contribution is -2.50. The molecule has 3 fully saturated rings. The first-order valence-electron chi connectivity index (χ1n) is 10.7. The molecule has 1 saturated heterocycles. The molecule has 0 bridgehead atoms. The number of nitrogens with two attached hydrogens (primary N) is 1. The van der Waals surface area contributed by atoms with Crippen LogP contribution in [0.4, 0.5) is 20.2 Å². The van der Waals surface area contributed by atoms with E-state index in [-0.39, 0.29) is 42.9 Å². The number of hydrogen-bond acceptors (Lipinski definition) is 6. The Kier molecular flexibility index (Phi) is 6.68. The monoisotopic (exact) mass is 438 g/mol. The normalized spacial score (nSPS) is 20.3. The number of carbonyl (C=O) groups excluding carboxylic acids is 2. The molecule has 2 aliphatic carbocycles. The van der Waals surface area contributed by atoms with Crippen LogP contribution < -0.4 is 20.7 Å². The number of alkyl halides is 2. The molecule has 3 N–H and O–H groups in total. The first-order valence-corrected chi connectivity index (χ1v) is 10.7. The summed E-state index contributed by atoms with van der Waals surface area (Å²) in [5.74, 6) is -0.165. The van der Waals surface area contributed by atoms with Crippen LogP contribution in [-0.4, -0.2) is 68.3 Å². The molecule has 0 spiro atoms. The van der Waals surface area contributed by atoms with Gasteiger partial charge in [0.1, 0.15) is 12.6 Å². The molecule has 1 aromatic rings. The number of morpholine rings is 1. The Labute approximate surface area is 179 Å². The van der Waals surface area contributed by atoms with Gasteiger partial charge in [-0.05, 0) is 43.7 Å². The first-order chi connectivity index (χ1) is 15.0. The van der Waals surface area contributed by atoms with Gasteiger partial charge >= 0.3 is 6.61 Å². The number of amides is 2. The van der Waals surface area contributed by atoms with Crippen molar-refractivity contribution in [1.29, 1.82) is 0 Å². The van der Waals surface area contributed by atoms with Gasteiger partial charge in [-0.2, -0.15) is 8.78 Å². The van der Waals surface area contributed by atoms with E-state index in [1.807, 2.05) is 0 Å². The van der Waals surface area contributed by atoms with Crippen LogP contribution in [-0.2, 0) is 14.3 Å². The minimum absolute atomic E-state index is 0.122. The average molecular weight is 438 g/mol. The average Bonchev–Trinajstić information content (AvgIpc) is 3.62. The van der Waals surface area contributed by atoms with E-state index in [1.54, 1.807) is 6.07 Å². The maximum Gasteiger partial charge on any atom is 0.387 e. The smallest absolute Gasteiger partial charge is 0.387 e. The van der Waals surface area contributed by atoms with Crippen molar-refractivity contribution in [2.75, 3.05) is 43.1 Å². The Morgan fingerprint density at radius 2 is 2.10 bits per heavy atom. The molecule has 4 rings (SSSR count). The number of carbonyl (C=O) groups is 2. The minimum atomic E-state index is -3.07. The van der Waals surface area contributed by atoms with Gasteiger partial charge in [0.25, 0.3) is 5.91 Å². The topological polar surface area (TPSA) is 97.1 Å². The lowest BCUT2D eigenvalue weighted by molar-refractivity contribution is -0.126. The molecule has 1 heterocycles. The molecule has 170 valence electrons. The van der Waals surface area contributed by atoms with E-state index in [4.69, 9.17) is 10.5 Å². The van der Waals surface area contributed by atoms with Gasteiger partial charge in [-0.25, -0.2) is 0 Å². The van der Waals surface area contributed by atoms with Crippen molar-refractivity contribution in [3.05, 3.63) is 18.2 Å². The van der Waals surface area contributed by atoms with Gasteiger partial charge in [0.15, 0.2) is 5.75 Å². The molecule has 2 amide bonds. The van der Waals surface area contributed by atoms with Crippen molar-refractivity contribution in [2.24, 2.45) is 11.7 Å². The van der Waals surface area contributed by atoms with Crippen LogP contribution in [0.15, 0.2) is 18.2 Å². The molecule has 1 atom stereocenters. The molecular weight excluding hydrogens is 410 g/mol. The third-order valence-electron chi connectivity index (χ3n) is 5.83. The van der Waals surface area contributed by atoms with E-state index < -0.39 is 12.7 Å². The standard InChI is InChI=1S/C21H28F2N4O4/c22-21(23)31-18-9-14(3-6-16(18)26-7-8-30-12-19(26)28)25-20(29)17(10-24)27(15-4-5-15)11-13-1-2-13/h3,6,9,13,15,17,21H,1-2,4-5,7-8,10-12,24H2,(H,25,29)/t17-/m1/s1. The largest absolute Gasteiger partial charge is 0.433 e. The van der Waals surface area contributed by atoms with E-state index in [9.17, 15) is 18.4 Å². The molecular formula is C21H28F2N4O4.